The largest absolute Gasteiger partial charge is 0.448 e. The van der Waals surface area contributed by atoms with Gasteiger partial charge in [-0.05, 0) is 48.4 Å². The molecule has 2 aliphatic heterocycles. The van der Waals surface area contributed by atoms with E-state index in [9.17, 15) is 27.6 Å². The van der Waals surface area contributed by atoms with Crippen molar-refractivity contribution in [1.82, 2.24) is 4.90 Å². The van der Waals surface area contributed by atoms with Crippen LogP contribution in [0.3, 0.4) is 0 Å². The van der Waals surface area contributed by atoms with E-state index in [1.165, 1.54) is 31.2 Å². The Hall–Kier alpha value is -3.11. The monoisotopic (exact) mass is 514 g/mol. The molecular formula is C22H15Cl2F3N2O5. The van der Waals surface area contributed by atoms with Crippen LogP contribution >= 0.6 is 23.2 Å². The van der Waals surface area contributed by atoms with E-state index in [2.05, 4.69) is 5.16 Å². The SMILES string of the molecule is Cc1cc(C2=NOC(c3cc(Cl)cc(Cl)c3)(C(F)(F)F)C2)ccc1C(=O)N1C(=O)CCOC1=O. The molecule has 7 nitrogen and oxygen atoms in total. The van der Waals surface area contributed by atoms with Crippen molar-refractivity contribution in [3.8, 4) is 0 Å². The van der Waals surface area contributed by atoms with E-state index in [0.29, 0.717) is 10.5 Å². The zero-order valence-corrected chi connectivity index (χ0v) is 18.9. The number of benzene rings is 2. The van der Waals surface area contributed by atoms with Crippen LogP contribution in [0.25, 0.3) is 0 Å². The lowest BCUT2D eigenvalue weighted by atomic mass is 9.86. The molecule has 2 aliphatic rings. The van der Waals surface area contributed by atoms with Crippen molar-refractivity contribution in [3.63, 3.8) is 0 Å². The van der Waals surface area contributed by atoms with Gasteiger partial charge in [0, 0.05) is 27.6 Å². The van der Waals surface area contributed by atoms with Crippen molar-refractivity contribution in [1.29, 1.82) is 0 Å². The second kappa shape index (κ2) is 8.59. The zero-order chi connectivity index (χ0) is 24.8. The van der Waals surface area contributed by atoms with Gasteiger partial charge in [0.05, 0.1) is 12.1 Å². The Balaban J connectivity index is 1.65. The smallest absolute Gasteiger partial charge is 0.435 e. The minimum atomic E-state index is -4.85. The summed E-state index contributed by atoms with van der Waals surface area (Å²) in [5.41, 5.74) is -2.54. The molecule has 1 unspecified atom stereocenters. The van der Waals surface area contributed by atoms with Gasteiger partial charge in [0.15, 0.2) is 0 Å². The predicted octanol–water partition coefficient (Wildman–Crippen LogP) is 5.39. The number of hydrogen-bond donors (Lipinski definition) is 0. The molecule has 0 saturated carbocycles. The molecule has 4 rings (SSSR count). The van der Waals surface area contributed by atoms with Crippen molar-refractivity contribution >= 4 is 46.8 Å². The fraction of sp³-hybridized carbons (Fsp3) is 0.273. The van der Waals surface area contributed by atoms with Crippen LogP contribution < -0.4 is 0 Å². The fourth-order valence-corrected chi connectivity index (χ4v) is 4.28. The molecule has 178 valence electrons. The van der Waals surface area contributed by atoms with Crippen LogP contribution in [0.5, 0.6) is 0 Å². The molecule has 1 saturated heterocycles. The predicted molar refractivity (Wildman–Crippen MR) is 115 cm³/mol. The molecule has 2 aromatic rings. The Morgan fingerprint density at radius 2 is 1.79 bits per heavy atom. The molecule has 0 aliphatic carbocycles. The minimum Gasteiger partial charge on any atom is -0.448 e. The number of cyclic esters (lactones) is 1. The van der Waals surface area contributed by atoms with Gasteiger partial charge in [0.1, 0.15) is 6.61 Å². The van der Waals surface area contributed by atoms with Gasteiger partial charge in [-0.1, -0.05) is 34.4 Å². The summed E-state index contributed by atoms with van der Waals surface area (Å²) >= 11 is 11.8. The van der Waals surface area contributed by atoms with E-state index < -0.39 is 36.1 Å². The fourth-order valence-electron chi connectivity index (χ4n) is 3.75. The second-order valence-electron chi connectivity index (χ2n) is 7.72. The number of ether oxygens (including phenoxy) is 1. The molecule has 0 aromatic heterocycles. The lowest BCUT2D eigenvalue weighted by Gasteiger charge is -2.29. The Morgan fingerprint density at radius 3 is 2.38 bits per heavy atom. The van der Waals surface area contributed by atoms with Crippen LogP contribution in [0.2, 0.25) is 10.0 Å². The van der Waals surface area contributed by atoms with Gasteiger partial charge in [0.2, 0.25) is 5.91 Å². The highest BCUT2D eigenvalue weighted by molar-refractivity contribution is 6.34. The van der Waals surface area contributed by atoms with Crippen LogP contribution in [-0.4, -0.2) is 41.3 Å². The van der Waals surface area contributed by atoms with E-state index in [-0.39, 0.29) is 45.5 Å². The maximum absolute atomic E-state index is 14.2. The third kappa shape index (κ3) is 4.12. The lowest BCUT2D eigenvalue weighted by molar-refractivity contribution is -0.275. The molecule has 0 spiro atoms. The normalized spacial score (nSPS) is 20.6. The number of oxime groups is 1. The van der Waals surface area contributed by atoms with Gasteiger partial charge in [-0.3, -0.25) is 9.59 Å². The Labute approximate surface area is 201 Å². The molecule has 1 fully saturated rings. The van der Waals surface area contributed by atoms with Crippen molar-refractivity contribution in [3.05, 3.63) is 68.7 Å². The molecule has 0 radical (unpaired) electrons. The standard InChI is InChI=1S/C22H15Cl2F3N2O5/c1-11-6-12(2-3-16(11)19(31)29-18(30)4-5-33-20(29)32)17-10-21(34-28-17,22(25,26)27)13-7-14(23)9-15(24)8-13/h2-3,6-9H,4-5,10H2,1H3. The molecule has 0 N–H and O–H groups in total. The summed E-state index contributed by atoms with van der Waals surface area (Å²) in [7, 11) is 0. The number of alkyl halides is 3. The topological polar surface area (TPSA) is 85.3 Å². The number of rotatable bonds is 3. The van der Waals surface area contributed by atoms with Crippen LogP contribution in [0.4, 0.5) is 18.0 Å². The Morgan fingerprint density at radius 1 is 1.12 bits per heavy atom. The first-order valence-electron chi connectivity index (χ1n) is 9.86. The third-order valence-corrected chi connectivity index (χ3v) is 5.92. The number of carbonyl (C=O) groups is 3. The van der Waals surface area contributed by atoms with Gasteiger partial charge in [0.25, 0.3) is 11.5 Å². The quantitative estimate of drug-likeness (QED) is 0.512. The van der Waals surface area contributed by atoms with Gasteiger partial charge in [-0.15, -0.1) is 0 Å². The zero-order valence-electron chi connectivity index (χ0n) is 17.4. The first-order chi connectivity index (χ1) is 15.9. The van der Waals surface area contributed by atoms with Crippen molar-refractivity contribution < 1.29 is 37.1 Å². The highest BCUT2D eigenvalue weighted by Gasteiger charge is 2.62. The first kappa shape index (κ1) is 24.0. The lowest BCUT2D eigenvalue weighted by Crippen LogP contribution is -2.46. The Bertz CT molecular complexity index is 1210. The second-order valence-corrected chi connectivity index (χ2v) is 8.59. The number of carbonyl (C=O) groups excluding carboxylic acids is 3. The van der Waals surface area contributed by atoms with E-state index >= 15 is 0 Å². The van der Waals surface area contributed by atoms with E-state index in [1.807, 2.05) is 0 Å². The van der Waals surface area contributed by atoms with Gasteiger partial charge in [-0.25, -0.2) is 4.79 Å². The summed E-state index contributed by atoms with van der Waals surface area (Å²) in [6, 6.07) is 7.61. The summed E-state index contributed by atoms with van der Waals surface area (Å²) in [5, 5.41) is 3.69. The number of hydrogen-bond acceptors (Lipinski definition) is 6. The van der Waals surface area contributed by atoms with Crippen molar-refractivity contribution in [2.45, 2.75) is 31.5 Å². The molecular weight excluding hydrogens is 500 g/mol. The number of nitrogens with zero attached hydrogens (tertiary/aromatic N) is 2. The number of imide groups is 3. The molecule has 2 heterocycles. The minimum absolute atomic E-state index is 0.00710. The molecule has 12 heteroatoms. The maximum Gasteiger partial charge on any atom is 0.435 e. The number of halogens is 5. The molecule has 0 bridgehead atoms. The van der Waals surface area contributed by atoms with E-state index in [1.54, 1.807) is 0 Å². The molecule has 34 heavy (non-hydrogen) atoms. The highest BCUT2D eigenvalue weighted by Crippen LogP contribution is 2.49. The summed E-state index contributed by atoms with van der Waals surface area (Å²) in [5.74, 6) is -1.59. The van der Waals surface area contributed by atoms with Gasteiger partial charge >= 0.3 is 12.3 Å². The summed E-state index contributed by atoms with van der Waals surface area (Å²) in [6.45, 7) is 1.40. The third-order valence-electron chi connectivity index (χ3n) is 5.48. The van der Waals surface area contributed by atoms with Gasteiger partial charge in [-0.2, -0.15) is 18.1 Å². The van der Waals surface area contributed by atoms with E-state index in [0.717, 1.165) is 12.1 Å². The average Bonchev–Trinajstić information content (AvgIpc) is 3.20. The number of amides is 3. The highest BCUT2D eigenvalue weighted by atomic mass is 35.5. The maximum atomic E-state index is 14.2. The van der Waals surface area contributed by atoms with Crippen LogP contribution in [-0.2, 0) is 20.0 Å². The van der Waals surface area contributed by atoms with Crippen molar-refractivity contribution in [2.24, 2.45) is 5.16 Å². The van der Waals surface area contributed by atoms with Crippen LogP contribution in [0, 0.1) is 6.92 Å². The molecule has 1 atom stereocenters. The van der Waals surface area contributed by atoms with E-state index in [4.69, 9.17) is 32.8 Å². The average molecular weight is 515 g/mol. The summed E-state index contributed by atoms with van der Waals surface area (Å²) in [6.07, 6.45) is -6.73. The molecule has 2 aromatic carbocycles. The van der Waals surface area contributed by atoms with Crippen LogP contribution in [0.1, 0.15) is 39.9 Å². The molecule has 3 amide bonds. The van der Waals surface area contributed by atoms with Gasteiger partial charge < -0.3 is 9.57 Å². The first-order valence-corrected chi connectivity index (χ1v) is 10.6. The summed E-state index contributed by atoms with van der Waals surface area (Å²) < 4.78 is 47.3. The number of aryl methyl sites for hydroxylation is 1. The van der Waals surface area contributed by atoms with Crippen LogP contribution in [0.15, 0.2) is 41.6 Å². The van der Waals surface area contributed by atoms with Crippen molar-refractivity contribution in [2.75, 3.05) is 6.61 Å². The summed E-state index contributed by atoms with van der Waals surface area (Å²) in [4.78, 5) is 42.0. The Kier molecular flexibility index (Phi) is 6.07.